The highest BCUT2D eigenvalue weighted by molar-refractivity contribution is 4.88. The van der Waals surface area contributed by atoms with Crippen LogP contribution in [-0.2, 0) is 14.2 Å². The van der Waals surface area contributed by atoms with E-state index in [0.717, 1.165) is 12.8 Å². The van der Waals surface area contributed by atoms with Crippen molar-refractivity contribution in [2.24, 2.45) is 0 Å². The molecule has 0 aromatic heterocycles. The van der Waals surface area contributed by atoms with Crippen molar-refractivity contribution in [3.8, 4) is 0 Å². The van der Waals surface area contributed by atoms with Crippen LogP contribution >= 0.6 is 0 Å². The van der Waals surface area contributed by atoms with Crippen molar-refractivity contribution < 1.29 is 39.7 Å². The van der Waals surface area contributed by atoms with Crippen LogP contribution in [0, 0.1) is 0 Å². The molecular weight excluding hydrogens is 452 g/mol. The van der Waals surface area contributed by atoms with Gasteiger partial charge in [0.05, 0.1) is 19.8 Å². The molecule has 8 heteroatoms. The van der Waals surface area contributed by atoms with Crippen LogP contribution in [0.4, 0.5) is 0 Å². The first-order chi connectivity index (χ1) is 17.0. The summed E-state index contributed by atoms with van der Waals surface area (Å²) in [5, 5.41) is 48.6. The van der Waals surface area contributed by atoms with Gasteiger partial charge in [-0.25, -0.2) is 0 Å². The van der Waals surface area contributed by atoms with Gasteiger partial charge in [0.1, 0.15) is 30.5 Å². The first-order valence-electron chi connectivity index (χ1n) is 14.2. The third-order valence-electron chi connectivity index (χ3n) is 6.75. The van der Waals surface area contributed by atoms with Crippen LogP contribution in [-0.4, -0.2) is 88.8 Å². The Balaban J connectivity index is 1.86. The lowest BCUT2D eigenvalue weighted by atomic mass is 9.99. The van der Waals surface area contributed by atoms with Crippen LogP contribution in [0.3, 0.4) is 0 Å². The standard InChI is InChI=1S/C27H54O8/c1-2-3-4-5-6-7-8-9-10-11-12-13-14-15-16-17-18-33-20-22(29)21-34-27-26(32)25(31)24(30)23(19-28)35-27/h22-32H,2-21H2,1H3/t22?,23-,24+,25+,26-,27+/m1/s1. The van der Waals surface area contributed by atoms with E-state index in [1.807, 2.05) is 0 Å². The molecule has 8 nitrogen and oxygen atoms in total. The number of unbranched alkanes of at least 4 members (excludes halogenated alkanes) is 15. The molecule has 0 bridgehead atoms. The maximum atomic E-state index is 9.99. The van der Waals surface area contributed by atoms with Crippen LogP contribution < -0.4 is 0 Å². The van der Waals surface area contributed by atoms with E-state index in [1.54, 1.807) is 0 Å². The van der Waals surface area contributed by atoms with Gasteiger partial charge < -0.3 is 39.7 Å². The molecule has 0 aromatic rings. The van der Waals surface area contributed by atoms with Gasteiger partial charge in [0.15, 0.2) is 6.29 Å². The first-order valence-corrected chi connectivity index (χ1v) is 14.2. The van der Waals surface area contributed by atoms with E-state index >= 15 is 0 Å². The molecule has 1 aliphatic rings. The molecule has 0 aromatic carbocycles. The van der Waals surface area contributed by atoms with Gasteiger partial charge in [0.2, 0.25) is 0 Å². The normalized spacial score (nSPS) is 25.7. The number of aliphatic hydroxyl groups excluding tert-OH is 5. The molecule has 0 spiro atoms. The van der Waals surface area contributed by atoms with E-state index in [2.05, 4.69) is 6.92 Å². The van der Waals surface area contributed by atoms with E-state index in [4.69, 9.17) is 14.2 Å². The van der Waals surface area contributed by atoms with Crippen molar-refractivity contribution >= 4 is 0 Å². The van der Waals surface area contributed by atoms with Crippen molar-refractivity contribution in [2.45, 2.75) is 146 Å². The summed E-state index contributed by atoms with van der Waals surface area (Å²) in [4.78, 5) is 0. The van der Waals surface area contributed by atoms with E-state index in [0.29, 0.717) is 6.61 Å². The van der Waals surface area contributed by atoms with Crippen molar-refractivity contribution in [3.63, 3.8) is 0 Å². The van der Waals surface area contributed by atoms with Crippen LogP contribution in [0.2, 0.25) is 0 Å². The molecule has 1 unspecified atom stereocenters. The minimum atomic E-state index is -1.49. The Labute approximate surface area is 213 Å². The zero-order valence-corrected chi connectivity index (χ0v) is 22.1. The Hall–Kier alpha value is -0.320. The summed E-state index contributed by atoms with van der Waals surface area (Å²) >= 11 is 0. The summed E-state index contributed by atoms with van der Waals surface area (Å²) in [7, 11) is 0. The molecule has 5 N–H and O–H groups in total. The highest BCUT2D eigenvalue weighted by Gasteiger charge is 2.44. The fraction of sp³-hybridized carbons (Fsp3) is 1.00. The number of hydrogen-bond donors (Lipinski definition) is 5. The summed E-state index contributed by atoms with van der Waals surface area (Å²) in [6.45, 7) is 2.28. The number of rotatable bonds is 23. The highest BCUT2D eigenvalue weighted by Crippen LogP contribution is 2.22. The largest absolute Gasteiger partial charge is 0.394 e. The molecular formula is C27H54O8. The molecule has 210 valence electrons. The Morgan fingerprint density at radius 2 is 1.14 bits per heavy atom. The smallest absolute Gasteiger partial charge is 0.186 e. The van der Waals surface area contributed by atoms with Crippen LogP contribution in [0.25, 0.3) is 0 Å². The molecule has 1 saturated heterocycles. The number of hydrogen-bond acceptors (Lipinski definition) is 8. The van der Waals surface area contributed by atoms with Gasteiger partial charge in [-0.15, -0.1) is 0 Å². The van der Waals surface area contributed by atoms with Gasteiger partial charge in [-0.3, -0.25) is 0 Å². The van der Waals surface area contributed by atoms with E-state index < -0.39 is 43.4 Å². The van der Waals surface area contributed by atoms with Crippen molar-refractivity contribution in [1.29, 1.82) is 0 Å². The lowest BCUT2D eigenvalue weighted by Gasteiger charge is -2.39. The molecule has 1 fully saturated rings. The minimum absolute atomic E-state index is 0.107. The highest BCUT2D eigenvalue weighted by atomic mass is 16.7. The second-order valence-corrected chi connectivity index (χ2v) is 10.1. The van der Waals surface area contributed by atoms with Crippen molar-refractivity contribution in [2.75, 3.05) is 26.4 Å². The molecule has 0 aliphatic carbocycles. The van der Waals surface area contributed by atoms with Crippen LogP contribution in [0.15, 0.2) is 0 Å². The lowest BCUT2D eigenvalue weighted by Crippen LogP contribution is -2.59. The van der Waals surface area contributed by atoms with Crippen molar-refractivity contribution in [3.05, 3.63) is 0 Å². The Kier molecular flexibility index (Phi) is 20.3. The second-order valence-electron chi connectivity index (χ2n) is 10.1. The Morgan fingerprint density at radius 3 is 1.63 bits per heavy atom. The third-order valence-corrected chi connectivity index (χ3v) is 6.75. The zero-order valence-electron chi connectivity index (χ0n) is 22.1. The minimum Gasteiger partial charge on any atom is -0.394 e. The Bertz CT molecular complexity index is 464. The average molecular weight is 507 g/mol. The van der Waals surface area contributed by atoms with E-state index in [9.17, 15) is 25.5 Å². The topological polar surface area (TPSA) is 129 Å². The fourth-order valence-corrected chi connectivity index (χ4v) is 4.43. The molecule has 0 radical (unpaired) electrons. The maximum absolute atomic E-state index is 9.99. The monoisotopic (exact) mass is 506 g/mol. The third kappa shape index (κ3) is 15.5. The number of ether oxygens (including phenoxy) is 3. The maximum Gasteiger partial charge on any atom is 0.186 e. The number of aliphatic hydroxyl groups is 5. The summed E-state index contributed by atoms with van der Waals surface area (Å²) in [5.41, 5.74) is 0. The molecule has 1 aliphatic heterocycles. The van der Waals surface area contributed by atoms with Gasteiger partial charge in [0.25, 0.3) is 0 Å². The Morgan fingerprint density at radius 1 is 0.657 bits per heavy atom. The van der Waals surface area contributed by atoms with Crippen LogP contribution in [0.1, 0.15) is 110 Å². The quantitative estimate of drug-likeness (QED) is 0.133. The van der Waals surface area contributed by atoms with Gasteiger partial charge in [-0.2, -0.15) is 0 Å². The van der Waals surface area contributed by atoms with Gasteiger partial charge in [-0.1, -0.05) is 103 Å². The summed E-state index contributed by atoms with van der Waals surface area (Å²) in [6, 6.07) is 0. The zero-order chi connectivity index (χ0) is 25.7. The fourth-order valence-electron chi connectivity index (χ4n) is 4.43. The molecule has 0 amide bonds. The van der Waals surface area contributed by atoms with Gasteiger partial charge >= 0.3 is 0 Å². The molecule has 6 atom stereocenters. The molecule has 1 rings (SSSR count). The van der Waals surface area contributed by atoms with Crippen molar-refractivity contribution in [1.82, 2.24) is 0 Å². The predicted molar refractivity (Wildman–Crippen MR) is 136 cm³/mol. The van der Waals surface area contributed by atoms with Crippen LogP contribution in [0.5, 0.6) is 0 Å². The second kappa shape index (κ2) is 21.7. The first kappa shape index (κ1) is 32.7. The van der Waals surface area contributed by atoms with E-state index in [-0.39, 0.29) is 13.2 Å². The van der Waals surface area contributed by atoms with E-state index in [1.165, 1.54) is 89.9 Å². The summed E-state index contributed by atoms with van der Waals surface area (Å²) < 4.78 is 16.0. The molecule has 35 heavy (non-hydrogen) atoms. The van der Waals surface area contributed by atoms with Gasteiger partial charge in [-0.05, 0) is 6.42 Å². The molecule has 0 saturated carbocycles. The van der Waals surface area contributed by atoms with Gasteiger partial charge in [0, 0.05) is 6.61 Å². The lowest BCUT2D eigenvalue weighted by molar-refractivity contribution is -0.305. The summed E-state index contributed by atoms with van der Waals surface area (Å²) in [6.07, 6.45) is 13.6. The summed E-state index contributed by atoms with van der Waals surface area (Å²) in [5.74, 6) is 0. The average Bonchev–Trinajstić information content (AvgIpc) is 2.86. The SMILES string of the molecule is CCCCCCCCCCCCCCCCCCOCC(O)CO[C@H]1O[C@H](CO)[C@H](O)[C@H](O)[C@H]1O. The molecule has 1 heterocycles. The predicted octanol–water partition coefficient (Wildman–Crippen LogP) is 3.44.